The average Bonchev–Trinajstić information content (AvgIpc) is 2.85. The van der Waals surface area contributed by atoms with E-state index in [9.17, 15) is 4.79 Å². The van der Waals surface area contributed by atoms with Crippen molar-refractivity contribution < 1.29 is 4.79 Å². The topological polar surface area (TPSA) is 42.0 Å². The summed E-state index contributed by atoms with van der Waals surface area (Å²) in [6.07, 6.45) is 1.63. The van der Waals surface area contributed by atoms with Gasteiger partial charge in [0.1, 0.15) is 0 Å². The number of hydrogen-bond acceptors (Lipinski definition) is 2. The van der Waals surface area contributed by atoms with Crippen LogP contribution in [0.25, 0.3) is 21.9 Å². The molecule has 0 aliphatic rings. The maximum absolute atomic E-state index is 12.8. The van der Waals surface area contributed by atoms with E-state index in [-0.39, 0.29) is 20.9 Å². The van der Waals surface area contributed by atoms with Crippen LogP contribution in [-0.2, 0) is 0 Å². The Morgan fingerprint density at radius 1 is 0.688 bits per heavy atom. The molecule has 0 atom stereocenters. The molecule has 5 rings (SSSR count). The zero-order chi connectivity index (χ0) is 21.8. The molecule has 0 spiro atoms. The number of carbonyl (C=O) groups is 1. The number of amides is 1. The van der Waals surface area contributed by atoms with Crippen LogP contribution in [0.15, 0.2) is 115 Å². The van der Waals surface area contributed by atoms with Gasteiger partial charge in [0.05, 0.1) is 0 Å². The second-order valence-corrected chi connectivity index (χ2v) is 9.67. The number of benzene rings is 4. The zero-order valence-electron chi connectivity index (χ0n) is 17.2. The Balaban J connectivity index is 1.61. The van der Waals surface area contributed by atoms with Crippen LogP contribution >= 0.6 is 0 Å². The fourth-order valence-electron chi connectivity index (χ4n) is 3.64. The molecule has 3 nitrogen and oxygen atoms in total. The van der Waals surface area contributed by atoms with Gasteiger partial charge >= 0.3 is 194 Å². The summed E-state index contributed by atoms with van der Waals surface area (Å²) in [6, 6.07) is 36.8. The summed E-state index contributed by atoms with van der Waals surface area (Å²) in [5, 5.41) is 5.47. The number of para-hydroxylation sites is 1. The molecule has 1 N–H and O–H groups in total. The van der Waals surface area contributed by atoms with Gasteiger partial charge in [0.25, 0.3) is 0 Å². The van der Waals surface area contributed by atoms with Crippen LogP contribution in [0, 0.1) is 0 Å². The molecule has 0 saturated heterocycles. The van der Waals surface area contributed by atoms with Crippen molar-refractivity contribution in [3.63, 3.8) is 0 Å². The first-order chi connectivity index (χ1) is 15.8. The fraction of sp³-hybridized carbons (Fsp3) is 0. The first-order valence-electron chi connectivity index (χ1n) is 10.4. The van der Waals surface area contributed by atoms with Crippen LogP contribution in [0.3, 0.4) is 0 Å². The number of fused-ring (bicyclic) bond motifs is 1. The molecule has 4 heteroatoms. The molecule has 32 heavy (non-hydrogen) atoms. The predicted molar refractivity (Wildman–Crippen MR) is 133 cm³/mol. The number of pyridine rings is 1. The zero-order valence-corrected chi connectivity index (χ0v) is 18.9. The molecule has 0 radical (unpaired) electrons. The van der Waals surface area contributed by atoms with Gasteiger partial charge in [-0.25, -0.2) is 0 Å². The van der Waals surface area contributed by atoms with Gasteiger partial charge in [0.15, 0.2) is 0 Å². The Hall–Kier alpha value is -3.72. The number of rotatable bonds is 5. The molecule has 0 fully saturated rings. The monoisotopic (exact) mass is 480 g/mol. The molecule has 0 bridgehead atoms. The first kappa shape index (κ1) is 20.2. The van der Waals surface area contributed by atoms with Crippen molar-refractivity contribution in [3.8, 4) is 11.1 Å². The number of nitrogens with one attached hydrogen (secondary N) is 1. The van der Waals surface area contributed by atoms with Crippen molar-refractivity contribution in [2.45, 2.75) is 0 Å². The van der Waals surface area contributed by atoms with Crippen LogP contribution in [0.1, 0.15) is 10.5 Å². The van der Waals surface area contributed by atoms with Crippen LogP contribution < -0.4 is 14.2 Å². The summed E-state index contributed by atoms with van der Waals surface area (Å²) in [7, 11) is 0. The molecule has 1 heterocycles. The van der Waals surface area contributed by atoms with Crippen molar-refractivity contribution in [2.75, 3.05) is 5.32 Å². The summed E-state index contributed by atoms with van der Waals surface area (Å²) < 4.78 is 2.59. The van der Waals surface area contributed by atoms with Crippen molar-refractivity contribution >= 4 is 46.2 Å². The standard InChI is InChI=1S/C28H20N2OSe/c31-28(26-16-8-9-17-29-26)30-25-15-7-6-14-23(25)24-18-20-10-4-5-11-21(20)19-27(24)32-22-12-2-1-3-13-22/h1-19H,(H,30,31). The van der Waals surface area contributed by atoms with Gasteiger partial charge in [-0.05, 0) is 0 Å². The predicted octanol–water partition coefficient (Wildman–Crippen LogP) is 4.81. The Morgan fingerprint density at radius 3 is 2.16 bits per heavy atom. The SMILES string of the molecule is O=C(Nc1ccccc1-c1cc2ccccc2cc1[Se]c1ccccc1)c1ccccn1. The molecular formula is C28H20N2OSe. The van der Waals surface area contributed by atoms with Crippen molar-refractivity contribution in [1.29, 1.82) is 0 Å². The number of aromatic nitrogens is 1. The second kappa shape index (κ2) is 9.19. The number of carbonyl (C=O) groups excluding carboxylic acids is 1. The van der Waals surface area contributed by atoms with Gasteiger partial charge in [-0.15, -0.1) is 0 Å². The van der Waals surface area contributed by atoms with Gasteiger partial charge in [-0.1, -0.05) is 0 Å². The van der Waals surface area contributed by atoms with E-state index < -0.39 is 0 Å². The third kappa shape index (κ3) is 4.33. The molecule has 0 unspecified atom stereocenters. The Labute approximate surface area is 193 Å². The third-order valence-electron chi connectivity index (χ3n) is 5.18. The number of hydrogen-bond donors (Lipinski definition) is 1. The minimum atomic E-state index is -0.214. The van der Waals surface area contributed by atoms with Gasteiger partial charge < -0.3 is 0 Å². The molecular weight excluding hydrogens is 459 g/mol. The number of anilines is 1. The molecule has 0 aliphatic carbocycles. The van der Waals surface area contributed by atoms with E-state index in [0.717, 1.165) is 16.8 Å². The van der Waals surface area contributed by atoms with E-state index in [1.54, 1.807) is 18.3 Å². The maximum atomic E-state index is 12.8. The van der Waals surface area contributed by atoms with Crippen LogP contribution in [-0.4, -0.2) is 25.8 Å². The van der Waals surface area contributed by atoms with Crippen molar-refractivity contribution in [1.82, 2.24) is 4.98 Å². The Morgan fingerprint density at radius 2 is 1.38 bits per heavy atom. The van der Waals surface area contributed by atoms with Gasteiger partial charge in [-0.3, -0.25) is 0 Å². The van der Waals surface area contributed by atoms with Gasteiger partial charge in [0, 0.05) is 0 Å². The van der Waals surface area contributed by atoms with E-state index in [2.05, 4.69) is 77.0 Å². The molecule has 1 amide bonds. The van der Waals surface area contributed by atoms with E-state index in [0.29, 0.717) is 5.69 Å². The third-order valence-corrected chi connectivity index (χ3v) is 7.42. The van der Waals surface area contributed by atoms with Crippen LogP contribution in [0.4, 0.5) is 5.69 Å². The normalized spacial score (nSPS) is 10.8. The number of nitrogens with zero attached hydrogens (tertiary/aromatic N) is 1. The van der Waals surface area contributed by atoms with Gasteiger partial charge in [-0.2, -0.15) is 0 Å². The molecule has 154 valence electrons. The van der Waals surface area contributed by atoms with E-state index in [4.69, 9.17) is 0 Å². The Bertz CT molecular complexity index is 1380. The average molecular weight is 479 g/mol. The summed E-state index contributed by atoms with van der Waals surface area (Å²) >= 11 is 0.124. The molecule has 0 aliphatic heterocycles. The van der Waals surface area contributed by atoms with E-state index in [1.165, 1.54) is 19.7 Å². The van der Waals surface area contributed by atoms with Crippen LogP contribution in [0.5, 0.6) is 0 Å². The molecule has 5 aromatic rings. The second-order valence-electron chi connectivity index (χ2n) is 7.33. The fourth-order valence-corrected chi connectivity index (χ4v) is 5.76. The van der Waals surface area contributed by atoms with Crippen molar-refractivity contribution in [3.05, 3.63) is 121 Å². The van der Waals surface area contributed by atoms with Gasteiger partial charge in [0.2, 0.25) is 0 Å². The van der Waals surface area contributed by atoms with E-state index >= 15 is 0 Å². The minimum absolute atomic E-state index is 0.124. The van der Waals surface area contributed by atoms with Crippen molar-refractivity contribution in [2.24, 2.45) is 0 Å². The van der Waals surface area contributed by atoms with E-state index in [1.807, 2.05) is 30.3 Å². The summed E-state index contributed by atoms with van der Waals surface area (Å²) in [5.41, 5.74) is 3.33. The summed E-state index contributed by atoms with van der Waals surface area (Å²) in [5.74, 6) is -0.214. The summed E-state index contributed by atoms with van der Waals surface area (Å²) in [4.78, 5) is 17.0. The van der Waals surface area contributed by atoms with Crippen LogP contribution in [0.2, 0.25) is 0 Å². The molecule has 4 aromatic carbocycles. The Kier molecular flexibility index (Phi) is 5.80. The summed E-state index contributed by atoms with van der Waals surface area (Å²) in [6.45, 7) is 0. The molecule has 1 aromatic heterocycles. The first-order valence-corrected chi connectivity index (χ1v) is 12.1. The quantitative estimate of drug-likeness (QED) is 0.368. The molecule has 0 saturated carbocycles.